The number of hydrogen-bond acceptors (Lipinski definition) is 4. The van der Waals surface area contributed by atoms with E-state index in [1.807, 2.05) is 37.3 Å². The van der Waals surface area contributed by atoms with Crippen molar-refractivity contribution in [2.45, 2.75) is 19.4 Å². The van der Waals surface area contributed by atoms with Crippen LogP contribution in [0.5, 0.6) is 5.75 Å². The number of amides is 1. The number of benzene rings is 2. The molecule has 26 heavy (non-hydrogen) atoms. The molecule has 0 aliphatic carbocycles. The molecule has 138 valence electrons. The van der Waals surface area contributed by atoms with E-state index in [0.717, 1.165) is 5.56 Å². The topological polar surface area (TPSA) is 55.8 Å². The molecule has 0 saturated heterocycles. The van der Waals surface area contributed by atoms with Gasteiger partial charge in [0.25, 0.3) is 5.91 Å². The molecule has 1 amide bonds. The van der Waals surface area contributed by atoms with Gasteiger partial charge in [-0.05, 0) is 24.6 Å². The second-order valence-corrected chi connectivity index (χ2v) is 6.13. The molecule has 0 fully saturated rings. The minimum Gasteiger partial charge on any atom is -0.482 e. The van der Waals surface area contributed by atoms with Crippen LogP contribution in [0.2, 0.25) is 5.02 Å². The van der Waals surface area contributed by atoms with Crippen molar-refractivity contribution in [2.24, 2.45) is 0 Å². The standard InChI is InChI=1S/C20H22ClNO4/c1-15(16-8-4-3-5-9-16)22(13-12-20(24)25-2)19(23)14-26-18-11-7-6-10-17(18)21/h3-11,15H,12-14H2,1-2H3. The Labute approximate surface area is 158 Å². The first kappa shape index (κ1) is 19.8. The molecule has 1 unspecified atom stereocenters. The van der Waals surface area contributed by atoms with Crippen LogP contribution in [-0.4, -0.2) is 37.0 Å². The minimum atomic E-state index is -0.366. The van der Waals surface area contributed by atoms with Crippen molar-refractivity contribution in [3.63, 3.8) is 0 Å². The fourth-order valence-corrected chi connectivity index (χ4v) is 2.73. The van der Waals surface area contributed by atoms with E-state index in [1.54, 1.807) is 29.2 Å². The molecule has 0 spiro atoms. The Hall–Kier alpha value is -2.53. The molecule has 6 heteroatoms. The van der Waals surface area contributed by atoms with E-state index in [4.69, 9.17) is 16.3 Å². The van der Waals surface area contributed by atoms with E-state index in [1.165, 1.54) is 7.11 Å². The predicted molar refractivity (Wildman–Crippen MR) is 100 cm³/mol. The van der Waals surface area contributed by atoms with Crippen molar-refractivity contribution in [3.8, 4) is 5.75 Å². The SMILES string of the molecule is COC(=O)CCN(C(=O)COc1ccccc1Cl)C(C)c1ccccc1. The zero-order valence-electron chi connectivity index (χ0n) is 14.9. The smallest absolute Gasteiger partial charge is 0.307 e. The summed E-state index contributed by atoms with van der Waals surface area (Å²) < 4.78 is 10.2. The maximum absolute atomic E-state index is 12.7. The van der Waals surface area contributed by atoms with Crippen molar-refractivity contribution in [1.29, 1.82) is 0 Å². The Morgan fingerprint density at radius 1 is 1.08 bits per heavy atom. The number of rotatable bonds is 8. The lowest BCUT2D eigenvalue weighted by Gasteiger charge is -2.29. The first-order valence-electron chi connectivity index (χ1n) is 8.31. The van der Waals surface area contributed by atoms with Gasteiger partial charge in [-0.2, -0.15) is 0 Å². The van der Waals surface area contributed by atoms with Crippen LogP contribution >= 0.6 is 11.6 Å². The van der Waals surface area contributed by atoms with Crippen molar-refractivity contribution in [2.75, 3.05) is 20.3 Å². The number of ether oxygens (including phenoxy) is 2. The molecule has 2 aromatic rings. The molecule has 5 nitrogen and oxygen atoms in total. The van der Waals surface area contributed by atoms with Crippen molar-refractivity contribution < 1.29 is 19.1 Å². The number of carbonyl (C=O) groups is 2. The minimum absolute atomic E-state index is 0.117. The summed E-state index contributed by atoms with van der Waals surface area (Å²) in [5, 5.41) is 0.442. The van der Waals surface area contributed by atoms with Gasteiger partial charge < -0.3 is 14.4 Å². The monoisotopic (exact) mass is 375 g/mol. The van der Waals surface area contributed by atoms with Gasteiger partial charge in [0.1, 0.15) is 5.75 Å². The van der Waals surface area contributed by atoms with Crippen LogP contribution in [0, 0.1) is 0 Å². The lowest BCUT2D eigenvalue weighted by Crippen LogP contribution is -2.38. The van der Waals surface area contributed by atoms with Crippen LogP contribution in [0.15, 0.2) is 54.6 Å². The van der Waals surface area contributed by atoms with Crippen LogP contribution in [-0.2, 0) is 14.3 Å². The highest BCUT2D eigenvalue weighted by molar-refractivity contribution is 6.32. The molecule has 0 N–H and O–H groups in total. The molecule has 1 atom stereocenters. The van der Waals surface area contributed by atoms with Crippen LogP contribution in [0.1, 0.15) is 24.9 Å². The Morgan fingerprint density at radius 3 is 2.38 bits per heavy atom. The lowest BCUT2D eigenvalue weighted by molar-refractivity contribution is -0.142. The molecule has 2 aromatic carbocycles. The summed E-state index contributed by atoms with van der Waals surface area (Å²) >= 11 is 6.06. The van der Waals surface area contributed by atoms with Gasteiger partial charge in [-0.25, -0.2) is 0 Å². The number of halogens is 1. The molecule has 0 saturated carbocycles. The highest BCUT2D eigenvalue weighted by Gasteiger charge is 2.23. The third-order valence-corrected chi connectivity index (χ3v) is 4.35. The van der Waals surface area contributed by atoms with E-state index < -0.39 is 0 Å². The van der Waals surface area contributed by atoms with Crippen LogP contribution in [0.3, 0.4) is 0 Å². The fraction of sp³-hybridized carbons (Fsp3) is 0.300. The summed E-state index contributed by atoms with van der Waals surface area (Å²) in [5.74, 6) is -0.150. The number of carbonyl (C=O) groups excluding carboxylic acids is 2. The third-order valence-electron chi connectivity index (χ3n) is 4.04. The van der Waals surface area contributed by atoms with Gasteiger partial charge in [0.05, 0.1) is 24.6 Å². The van der Waals surface area contributed by atoms with Gasteiger partial charge in [-0.3, -0.25) is 9.59 Å². The molecule has 0 aliphatic heterocycles. The molecule has 0 radical (unpaired) electrons. The molecular weight excluding hydrogens is 354 g/mol. The van der Waals surface area contributed by atoms with Crippen molar-refractivity contribution >= 4 is 23.5 Å². The summed E-state index contributed by atoms with van der Waals surface area (Å²) in [5.41, 5.74) is 0.975. The first-order valence-corrected chi connectivity index (χ1v) is 8.69. The van der Waals surface area contributed by atoms with E-state index in [9.17, 15) is 9.59 Å². The van der Waals surface area contributed by atoms with E-state index in [0.29, 0.717) is 10.8 Å². The average Bonchev–Trinajstić information content (AvgIpc) is 2.67. The maximum Gasteiger partial charge on any atom is 0.307 e. The van der Waals surface area contributed by atoms with Gasteiger partial charge in [-0.1, -0.05) is 54.1 Å². The van der Waals surface area contributed by atoms with Gasteiger partial charge in [-0.15, -0.1) is 0 Å². The van der Waals surface area contributed by atoms with Gasteiger partial charge in [0.15, 0.2) is 6.61 Å². The van der Waals surface area contributed by atoms with Crippen molar-refractivity contribution in [3.05, 3.63) is 65.2 Å². The Bertz CT molecular complexity index is 736. The largest absolute Gasteiger partial charge is 0.482 e. The summed E-state index contributed by atoms with van der Waals surface area (Å²) in [6.45, 7) is 2.00. The lowest BCUT2D eigenvalue weighted by atomic mass is 10.1. The molecule has 0 aromatic heterocycles. The maximum atomic E-state index is 12.7. The van der Waals surface area contributed by atoms with Gasteiger partial charge >= 0.3 is 5.97 Å². The third kappa shape index (κ3) is 5.49. The predicted octanol–water partition coefficient (Wildman–Crippen LogP) is 3.87. The van der Waals surface area contributed by atoms with Gasteiger partial charge in [0.2, 0.25) is 0 Å². The second-order valence-electron chi connectivity index (χ2n) is 5.72. The number of hydrogen-bond donors (Lipinski definition) is 0. The second kappa shape index (κ2) is 9.82. The number of nitrogens with zero attached hydrogens (tertiary/aromatic N) is 1. The van der Waals surface area contributed by atoms with Gasteiger partial charge in [0, 0.05) is 6.54 Å². The van der Waals surface area contributed by atoms with Crippen LogP contribution < -0.4 is 4.74 Å². The Kier molecular flexibility index (Phi) is 7.48. The van der Waals surface area contributed by atoms with E-state index in [2.05, 4.69) is 4.74 Å². The number of para-hydroxylation sites is 1. The highest BCUT2D eigenvalue weighted by Crippen LogP contribution is 2.24. The quantitative estimate of drug-likeness (QED) is 0.657. The number of methoxy groups -OCH3 is 1. The van der Waals surface area contributed by atoms with E-state index in [-0.39, 0.29) is 37.5 Å². The summed E-state index contributed by atoms with van der Waals surface area (Å²) in [6.07, 6.45) is 0.117. The van der Waals surface area contributed by atoms with E-state index >= 15 is 0 Å². The molecular formula is C20H22ClNO4. The molecule has 0 heterocycles. The Balaban J connectivity index is 2.09. The Morgan fingerprint density at radius 2 is 1.73 bits per heavy atom. The molecule has 0 aliphatic rings. The zero-order valence-corrected chi connectivity index (χ0v) is 15.6. The van der Waals surface area contributed by atoms with Crippen molar-refractivity contribution in [1.82, 2.24) is 4.90 Å². The molecule has 2 rings (SSSR count). The fourth-order valence-electron chi connectivity index (χ4n) is 2.54. The zero-order chi connectivity index (χ0) is 18.9. The highest BCUT2D eigenvalue weighted by atomic mass is 35.5. The number of esters is 1. The summed E-state index contributed by atoms with van der Waals surface area (Å²) in [4.78, 5) is 25.9. The van der Waals surface area contributed by atoms with Crippen LogP contribution in [0.4, 0.5) is 0 Å². The molecule has 0 bridgehead atoms. The summed E-state index contributed by atoms with van der Waals surface area (Å²) in [6, 6.07) is 16.4. The van der Waals surface area contributed by atoms with Crippen LogP contribution in [0.25, 0.3) is 0 Å². The normalized spacial score (nSPS) is 11.5. The summed E-state index contributed by atoms with van der Waals surface area (Å²) in [7, 11) is 1.33. The average molecular weight is 376 g/mol. The first-order chi connectivity index (χ1) is 12.5.